The molecule has 4 rings (SSSR count). The number of para-hydroxylation sites is 1. The standard InChI is InChI=1S/C32H38N4O2S/c1-31(2,3)25-16-10-11-17-26(25)38-29-24(15-12-20-33-29)21-27-34-35-30(39-27)32(4,5)19-18-28(37)36(6)22-23-13-8-7-9-14-23/h7-17,20H,18-19,21-22H2,1-6H3. The lowest BCUT2D eigenvalue weighted by molar-refractivity contribution is -0.130. The number of benzene rings is 2. The Hall–Kier alpha value is -3.58. The van der Waals surface area contributed by atoms with Gasteiger partial charge >= 0.3 is 0 Å². The van der Waals surface area contributed by atoms with E-state index in [1.165, 1.54) is 0 Å². The number of hydrogen-bond acceptors (Lipinski definition) is 6. The Kier molecular flexibility index (Phi) is 8.80. The van der Waals surface area contributed by atoms with Crippen LogP contribution in [-0.2, 0) is 28.6 Å². The highest BCUT2D eigenvalue weighted by Gasteiger charge is 2.27. The first-order chi connectivity index (χ1) is 18.5. The third kappa shape index (κ3) is 7.51. The predicted octanol–water partition coefficient (Wildman–Crippen LogP) is 7.33. The lowest BCUT2D eigenvalue weighted by Crippen LogP contribution is -2.28. The minimum atomic E-state index is -0.265. The molecular weight excluding hydrogens is 504 g/mol. The fourth-order valence-corrected chi connectivity index (χ4v) is 5.35. The van der Waals surface area contributed by atoms with E-state index < -0.39 is 0 Å². The number of nitrogens with zero attached hydrogens (tertiary/aromatic N) is 4. The zero-order valence-electron chi connectivity index (χ0n) is 23.8. The Morgan fingerprint density at radius 2 is 1.64 bits per heavy atom. The normalized spacial score (nSPS) is 11.8. The third-order valence-corrected chi connectivity index (χ3v) is 8.08. The van der Waals surface area contributed by atoms with Crippen molar-refractivity contribution in [1.82, 2.24) is 20.1 Å². The second-order valence-corrected chi connectivity index (χ2v) is 12.7. The van der Waals surface area contributed by atoms with Gasteiger partial charge in [-0.1, -0.05) is 89.2 Å². The first kappa shape index (κ1) is 28.4. The van der Waals surface area contributed by atoms with Crippen molar-refractivity contribution in [3.05, 3.63) is 99.6 Å². The molecular formula is C32H38N4O2S. The highest BCUT2D eigenvalue weighted by atomic mass is 32.1. The van der Waals surface area contributed by atoms with E-state index in [9.17, 15) is 4.79 Å². The largest absolute Gasteiger partial charge is 0.438 e. The Labute approximate surface area is 236 Å². The molecule has 0 N–H and O–H groups in total. The average molecular weight is 543 g/mol. The van der Waals surface area contributed by atoms with Crippen molar-refractivity contribution in [2.24, 2.45) is 0 Å². The molecule has 0 aliphatic carbocycles. The summed E-state index contributed by atoms with van der Waals surface area (Å²) in [6, 6.07) is 22.1. The topological polar surface area (TPSA) is 68.2 Å². The van der Waals surface area contributed by atoms with Gasteiger partial charge in [0.05, 0.1) is 0 Å². The molecule has 0 radical (unpaired) electrons. The molecule has 1 amide bonds. The number of hydrogen-bond donors (Lipinski definition) is 0. The molecule has 4 aromatic rings. The van der Waals surface area contributed by atoms with Crippen LogP contribution in [0.15, 0.2) is 72.9 Å². The van der Waals surface area contributed by atoms with Gasteiger partial charge in [-0.3, -0.25) is 4.79 Å². The van der Waals surface area contributed by atoms with Gasteiger partial charge < -0.3 is 9.64 Å². The van der Waals surface area contributed by atoms with Crippen LogP contribution in [0.1, 0.15) is 74.2 Å². The fraction of sp³-hybridized carbons (Fsp3) is 0.375. The monoisotopic (exact) mass is 542 g/mol. The van der Waals surface area contributed by atoms with Crippen molar-refractivity contribution >= 4 is 17.2 Å². The number of ether oxygens (including phenoxy) is 1. The van der Waals surface area contributed by atoms with Crippen molar-refractivity contribution in [2.45, 2.75) is 71.3 Å². The van der Waals surface area contributed by atoms with Crippen molar-refractivity contribution in [3.8, 4) is 11.6 Å². The molecule has 204 valence electrons. The molecule has 39 heavy (non-hydrogen) atoms. The molecule has 0 spiro atoms. The molecule has 0 atom stereocenters. The van der Waals surface area contributed by atoms with E-state index in [0.29, 0.717) is 31.7 Å². The van der Waals surface area contributed by atoms with E-state index in [4.69, 9.17) is 4.74 Å². The summed E-state index contributed by atoms with van der Waals surface area (Å²) >= 11 is 1.59. The van der Waals surface area contributed by atoms with E-state index in [-0.39, 0.29) is 16.7 Å². The molecule has 2 aromatic heterocycles. The molecule has 2 aromatic carbocycles. The van der Waals surface area contributed by atoms with Crippen LogP contribution in [0.4, 0.5) is 0 Å². The summed E-state index contributed by atoms with van der Waals surface area (Å²) in [5, 5.41) is 10.8. The van der Waals surface area contributed by atoms with Gasteiger partial charge in [-0.2, -0.15) is 0 Å². The first-order valence-electron chi connectivity index (χ1n) is 13.3. The van der Waals surface area contributed by atoms with Crippen LogP contribution in [0.5, 0.6) is 11.6 Å². The van der Waals surface area contributed by atoms with Crippen LogP contribution in [0.2, 0.25) is 0 Å². The molecule has 0 saturated carbocycles. The molecule has 0 aliphatic heterocycles. The van der Waals surface area contributed by atoms with Gasteiger partial charge in [0, 0.05) is 49.2 Å². The molecule has 0 saturated heterocycles. The second-order valence-electron chi connectivity index (χ2n) is 11.6. The van der Waals surface area contributed by atoms with Crippen molar-refractivity contribution in [2.75, 3.05) is 7.05 Å². The Morgan fingerprint density at radius 1 is 0.923 bits per heavy atom. The third-order valence-electron chi connectivity index (χ3n) is 6.79. The second kappa shape index (κ2) is 12.1. The van der Waals surface area contributed by atoms with Gasteiger partial charge in [0.15, 0.2) is 0 Å². The fourth-order valence-electron chi connectivity index (χ4n) is 4.35. The van der Waals surface area contributed by atoms with Crippen LogP contribution in [0, 0.1) is 0 Å². The van der Waals surface area contributed by atoms with Crippen LogP contribution in [0.25, 0.3) is 0 Å². The maximum absolute atomic E-state index is 12.8. The van der Waals surface area contributed by atoms with Crippen molar-refractivity contribution in [1.29, 1.82) is 0 Å². The SMILES string of the molecule is CN(Cc1ccccc1)C(=O)CCC(C)(C)c1nnc(Cc2cccnc2Oc2ccccc2C(C)(C)C)s1. The number of aromatic nitrogens is 3. The lowest BCUT2D eigenvalue weighted by Gasteiger charge is -2.23. The van der Waals surface area contributed by atoms with Gasteiger partial charge in [0.2, 0.25) is 11.8 Å². The molecule has 0 unspecified atom stereocenters. The summed E-state index contributed by atoms with van der Waals surface area (Å²) in [5.41, 5.74) is 2.90. The Bertz CT molecular complexity index is 1390. The predicted molar refractivity (Wildman–Crippen MR) is 157 cm³/mol. The van der Waals surface area contributed by atoms with Crippen LogP contribution >= 0.6 is 11.3 Å². The average Bonchev–Trinajstić information content (AvgIpc) is 3.38. The van der Waals surface area contributed by atoms with E-state index in [1.807, 2.05) is 67.7 Å². The zero-order valence-corrected chi connectivity index (χ0v) is 24.6. The highest BCUT2D eigenvalue weighted by Crippen LogP contribution is 2.36. The number of rotatable bonds is 10. The lowest BCUT2D eigenvalue weighted by atomic mass is 9.86. The molecule has 0 fully saturated rings. The van der Waals surface area contributed by atoms with Gasteiger partial charge in [0.25, 0.3) is 0 Å². The number of amides is 1. The van der Waals surface area contributed by atoms with Gasteiger partial charge in [-0.05, 0) is 29.5 Å². The number of carbonyl (C=O) groups is 1. The van der Waals surface area contributed by atoms with Crippen molar-refractivity contribution < 1.29 is 9.53 Å². The van der Waals surface area contributed by atoms with Gasteiger partial charge in [0.1, 0.15) is 15.8 Å². The van der Waals surface area contributed by atoms with E-state index in [2.05, 4.69) is 55.9 Å². The van der Waals surface area contributed by atoms with E-state index in [0.717, 1.165) is 32.5 Å². The first-order valence-corrected chi connectivity index (χ1v) is 14.2. The number of carbonyl (C=O) groups excluding carboxylic acids is 1. The summed E-state index contributed by atoms with van der Waals surface area (Å²) in [6.07, 6.45) is 3.48. The summed E-state index contributed by atoms with van der Waals surface area (Å²) in [6.45, 7) is 11.4. The molecule has 0 aliphatic rings. The van der Waals surface area contributed by atoms with E-state index in [1.54, 1.807) is 22.4 Å². The van der Waals surface area contributed by atoms with Crippen LogP contribution < -0.4 is 4.74 Å². The smallest absolute Gasteiger partial charge is 0.222 e. The summed E-state index contributed by atoms with van der Waals surface area (Å²) in [4.78, 5) is 19.1. The Balaban J connectivity index is 1.41. The molecule has 7 heteroatoms. The van der Waals surface area contributed by atoms with Crippen LogP contribution in [-0.4, -0.2) is 33.0 Å². The maximum atomic E-state index is 12.8. The minimum Gasteiger partial charge on any atom is -0.438 e. The summed E-state index contributed by atoms with van der Waals surface area (Å²) in [7, 11) is 1.86. The minimum absolute atomic E-state index is 0.0526. The van der Waals surface area contributed by atoms with Gasteiger partial charge in [-0.15, -0.1) is 21.5 Å². The molecule has 0 bridgehead atoms. The summed E-state index contributed by atoms with van der Waals surface area (Å²) in [5.74, 6) is 1.52. The summed E-state index contributed by atoms with van der Waals surface area (Å²) < 4.78 is 6.35. The Morgan fingerprint density at radius 3 is 2.38 bits per heavy atom. The molecule has 6 nitrogen and oxygen atoms in total. The number of pyridine rings is 1. The van der Waals surface area contributed by atoms with Crippen LogP contribution in [0.3, 0.4) is 0 Å². The zero-order chi connectivity index (χ0) is 28.0. The highest BCUT2D eigenvalue weighted by molar-refractivity contribution is 7.11. The van der Waals surface area contributed by atoms with Gasteiger partial charge in [-0.25, -0.2) is 4.98 Å². The van der Waals surface area contributed by atoms with Crippen molar-refractivity contribution in [3.63, 3.8) is 0 Å². The molecule has 2 heterocycles. The van der Waals surface area contributed by atoms with E-state index >= 15 is 0 Å². The quantitative estimate of drug-likeness (QED) is 0.210. The maximum Gasteiger partial charge on any atom is 0.222 e.